The van der Waals surface area contributed by atoms with Crippen LogP contribution in [0, 0.1) is 0 Å². The fraction of sp³-hybridized carbons (Fsp3) is 0.708. The first kappa shape index (κ1) is 51.3. The first-order valence-electron chi connectivity index (χ1n) is 22.2. The van der Waals surface area contributed by atoms with Crippen LogP contribution in [0.5, 0.6) is 0 Å². The lowest BCUT2D eigenvalue weighted by molar-refractivity contribution is -0.151. The van der Waals surface area contributed by atoms with Crippen molar-refractivity contribution in [3.8, 4) is 0 Å². The molecule has 0 saturated carbocycles. The average molecular weight is 754 g/mol. The number of aliphatic hydroxyl groups is 2. The van der Waals surface area contributed by atoms with Crippen molar-refractivity contribution in [2.24, 2.45) is 0 Å². The molecular formula is C48H83NO5. The third kappa shape index (κ3) is 36.3. The Hall–Kier alpha value is -2.70. The Bertz CT molecular complexity index is 1030. The molecule has 0 saturated heterocycles. The highest BCUT2D eigenvalue weighted by molar-refractivity contribution is 5.77. The molecule has 0 fully saturated rings. The molecule has 0 aliphatic carbocycles. The zero-order valence-corrected chi connectivity index (χ0v) is 35.1. The van der Waals surface area contributed by atoms with Gasteiger partial charge in [-0.15, -0.1) is 0 Å². The number of carbonyl (C=O) groups excluding carboxylic acids is 2. The Morgan fingerprint density at radius 2 is 1.02 bits per heavy atom. The third-order valence-corrected chi connectivity index (χ3v) is 9.65. The highest BCUT2D eigenvalue weighted by Crippen LogP contribution is 2.16. The summed E-state index contributed by atoms with van der Waals surface area (Å²) in [5.74, 6) is -0.548. The number of rotatable bonds is 38. The smallest absolute Gasteiger partial charge is 0.306 e. The molecule has 310 valence electrons. The Morgan fingerprint density at radius 1 is 0.556 bits per heavy atom. The standard InChI is InChI=1S/C48H83NO5/c1-4-7-10-13-16-19-22-23-24-25-26-29-32-35-38-41-48(53)54-44(39-36-33-30-27-20-17-14-11-8-5-2)42-47(52)49-45(43-50)46(51)40-37-34-31-28-21-18-15-12-9-6-3/h7,10,13,16-17,19-20,22-26,44-46,50-51H,4-6,8-9,11-12,14-15,18,21,27-43H2,1-3H3,(H,49,52)/b10-7+,16-13+,20-17-,22-19-,24-23-,26-25+. The van der Waals surface area contributed by atoms with Crippen LogP contribution in [0.1, 0.15) is 194 Å². The van der Waals surface area contributed by atoms with Crippen LogP contribution in [-0.4, -0.2) is 46.9 Å². The van der Waals surface area contributed by atoms with E-state index < -0.39 is 18.2 Å². The average Bonchev–Trinajstić information content (AvgIpc) is 3.16. The summed E-state index contributed by atoms with van der Waals surface area (Å²) in [5, 5.41) is 23.6. The van der Waals surface area contributed by atoms with Gasteiger partial charge in [-0.1, -0.05) is 184 Å². The zero-order chi connectivity index (χ0) is 39.6. The number of esters is 1. The number of nitrogens with one attached hydrogen (secondary N) is 1. The summed E-state index contributed by atoms with van der Waals surface area (Å²) < 4.78 is 5.86. The van der Waals surface area contributed by atoms with E-state index in [0.29, 0.717) is 19.3 Å². The van der Waals surface area contributed by atoms with Gasteiger partial charge in [0, 0.05) is 6.42 Å². The fourth-order valence-electron chi connectivity index (χ4n) is 6.27. The molecule has 6 nitrogen and oxygen atoms in total. The molecule has 6 heteroatoms. The van der Waals surface area contributed by atoms with Crippen LogP contribution in [0.4, 0.5) is 0 Å². The lowest BCUT2D eigenvalue weighted by Gasteiger charge is -2.24. The highest BCUT2D eigenvalue weighted by atomic mass is 16.5. The van der Waals surface area contributed by atoms with Crippen LogP contribution < -0.4 is 5.32 Å². The second kappa shape index (κ2) is 41.5. The number of hydrogen-bond donors (Lipinski definition) is 3. The molecule has 1 amide bonds. The molecule has 0 rings (SSSR count). The molecule has 0 aromatic carbocycles. The summed E-state index contributed by atoms with van der Waals surface area (Å²) in [5.41, 5.74) is 0. The Morgan fingerprint density at radius 3 is 1.61 bits per heavy atom. The molecule has 0 heterocycles. The summed E-state index contributed by atoms with van der Waals surface area (Å²) in [6.07, 6.45) is 51.0. The second-order valence-corrected chi connectivity index (χ2v) is 14.8. The van der Waals surface area contributed by atoms with E-state index in [9.17, 15) is 19.8 Å². The van der Waals surface area contributed by atoms with E-state index in [0.717, 1.165) is 83.5 Å². The van der Waals surface area contributed by atoms with Crippen molar-refractivity contribution in [1.82, 2.24) is 5.32 Å². The van der Waals surface area contributed by atoms with Crippen LogP contribution in [0.25, 0.3) is 0 Å². The van der Waals surface area contributed by atoms with Crippen molar-refractivity contribution in [2.45, 2.75) is 212 Å². The predicted octanol–water partition coefficient (Wildman–Crippen LogP) is 12.7. The molecule has 0 aromatic rings. The van der Waals surface area contributed by atoms with Crippen molar-refractivity contribution >= 4 is 11.9 Å². The lowest BCUT2D eigenvalue weighted by Crippen LogP contribution is -2.46. The van der Waals surface area contributed by atoms with Gasteiger partial charge in [-0.05, 0) is 70.6 Å². The first-order chi connectivity index (χ1) is 26.5. The van der Waals surface area contributed by atoms with E-state index in [4.69, 9.17) is 4.74 Å². The van der Waals surface area contributed by atoms with Crippen LogP contribution >= 0.6 is 0 Å². The van der Waals surface area contributed by atoms with Gasteiger partial charge in [0.05, 0.1) is 25.2 Å². The van der Waals surface area contributed by atoms with E-state index in [2.05, 4.69) is 56.5 Å². The maximum atomic E-state index is 13.1. The number of aliphatic hydroxyl groups excluding tert-OH is 2. The van der Waals surface area contributed by atoms with Gasteiger partial charge >= 0.3 is 5.97 Å². The van der Waals surface area contributed by atoms with Crippen LogP contribution in [-0.2, 0) is 14.3 Å². The van der Waals surface area contributed by atoms with Gasteiger partial charge in [-0.3, -0.25) is 9.59 Å². The molecule has 0 aliphatic rings. The molecule has 3 atom stereocenters. The summed E-state index contributed by atoms with van der Waals surface area (Å²) in [4.78, 5) is 25.9. The molecule has 54 heavy (non-hydrogen) atoms. The largest absolute Gasteiger partial charge is 0.462 e. The van der Waals surface area contributed by atoms with Gasteiger partial charge in [-0.2, -0.15) is 0 Å². The molecule has 0 spiro atoms. The lowest BCUT2D eigenvalue weighted by atomic mass is 10.0. The zero-order valence-electron chi connectivity index (χ0n) is 35.1. The van der Waals surface area contributed by atoms with Crippen molar-refractivity contribution in [3.63, 3.8) is 0 Å². The Balaban J connectivity index is 4.69. The summed E-state index contributed by atoms with van der Waals surface area (Å²) in [6.45, 7) is 6.26. The predicted molar refractivity (Wildman–Crippen MR) is 231 cm³/mol. The molecule has 0 bridgehead atoms. The van der Waals surface area contributed by atoms with E-state index in [1.54, 1.807) is 0 Å². The van der Waals surface area contributed by atoms with Gasteiger partial charge in [-0.25, -0.2) is 0 Å². The van der Waals surface area contributed by atoms with Gasteiger partial charge < -0.3 is 20.3 Å². The fourth-order valence-corrected chi connectivity index (χ4v) is 6.27. The van der Waals surface area contributed by atoms with Crippen molar-refractivity contribution in [1.29, 1.82) is 0 Å². The molecule has 3 N–H and O–H groups in total. The Kier molecular flexibility index (Phi) is 39.4. The van der Waals surface area contributed by atoms with Crippen LogP contribution in [0.2, 0.25) is 0 Å². The van der Waals surface area contributed by atoms with Crippen molar-refractivity contribution in [2.75, 3.05) is 6.61 Å². The molecule has 0 aliphatic heterocycles. The topological polar surface area (TPSA) is 95.9 Å². The van der Waals surface area contributed by atoms with Crippen LogP contribution in [0.3, 0.4) is 0 Å². The van der Waals surface area contributed by atoms with Gasteiger partial charge in [0.15, 0.2) is 0 Å². The van der Waals surface area contributed by atoms with Gasteiger partial charge in [0.1, 0.15) is 6.10 Å². The maximum absolute atomic E-state index is 13.1. The highest BCUT2D eigenvalue weighted by Gasteiger charge is 2.24. The van der Waals surface area contributed by atoms with E-state index in [-0.39, 0.29) is 24.9 Å². The third-order valence-electron chi connectivity index (χ3n) is 9.65. The minimum absolute atomic E-state index is 0.0459. The minimum atomic E-state index is -0.799. The molecule has 3 unspecified atom stereocenters. The van der Waals surface area contributed by atoms with E-state index in [1.165, 1.54) is 64.2 Å². The number of allylic oxidation sites excluding steroid dienone is 12. The first-order valence-corrected chi connectivity index (χ1v) is 22.2. The summed E-state index contributed by atoms with van der Waals surface area (Å²) >= 11 is 0. The van der Waals surface area contributed by atoms with E-state index in [1.807, 2.05) is 42.5 Å². The second-order valence-electron chi connectivity index (χ2n) is 14.8. The number of amides is 1. The number of ether oxygens (including phenoxy) is 1. The van der Waals surface area contributed by atoms with Crippen molar-refractivity contribution in [3.05, 3.63) is 72.9 Å². The normalized spacial score (nSPS) is 14.1. The van der Waals surface area contributed by atoms with Gasteiger partial charge in [0.25, 0.3) is 0 Å². The summed E-state index contributed by atoms with van der Waals surface area (Å²) in [7, 11) is 0. The molecule has 0 aromatic heterocycles. The molecular weight excluding hydrogens is 671 g/mol. The van der Waals surface area contributed by atoms with Crippen molar-refractivity contribution < 1.29 is 24.5 Å². The van der Waals surface area contributed by atoms with Crippen LogP contribution in [0.15, 0.2) is 72.9 Å². The summed E-state index contributed by atoms with van der Waals surface area (Å²) in [6, 6.07) is -0.715. The van der Waals surface area contributed by atoms with Gasteiger partial charge in [0.2, 0.25) is 5.91 Å². The number of carbonyl (C=O) groups is 2. The maximum Gasteiger partial charge on any atom is 0.306 e. The quantitative estimate of drug-likeness (QED) is 0.0252. The monoisotopic (exact) mass is 754 g/mol. The number of unbranched alkanes of at least 4 members (excludes halogenated alkanes) is 18. The Labute approximate surface area is 332 Å². The minimum Gasteiger partial charge on any atom is -0.462 e. The molecule has 0 radical (unpaired) electrons. The SMILES string of the molecule is CC/C=C/C=C/C=C\C=C/C=C/CCCCCC(=O)OC(CCCCC/C=C\CCCCC)CC(=O)NC(CO)C(O)CCCCCCCCCCCC. The van der Waals surface area contributed by atoms with E-state index >= 15 is 0 Å². The number of hydrogen-bond acceptors (Lipinski definition) is 5.